The maximum absolute atomic E-state index is 11.1. The zero-order chi connectivity index (χ0) is 13.2. The van der Waals surface area contributed by atoms with Gasteiger partial charge in [0.15, 0.2) is 5.13 Å². The third kappa shape index (κ3) is 3.70. The molecule has 0 aromatic carbocycles. The lowest BCUT2D eigenvalue weighted by atomic mass is 10.4. The number of amides is 1. The molecular formula is C8H7Cl3N2O3S. The van der Waals surface area contributed by atoms with Crippen LogP contribution < -0.4 is 5.32 Å². The molecule has 94 valence electrons. The minimum absolute atomic E-state index is 0.0931. The molecule has 0 bridgehead atoms. The van der Waals surface area contributed by atoms with Crippen LogP contribution in [0.25, 0.3) is 0 Å². The molecule has 0 saturated heterocycles. The van der Waals surface area contributed by atoms with Crippen LogP contribution in [0.5, 0.6) is 0 Å². The number of aromatic carboxylic acids is 1. The molecule has 9 heteroatoms. The number of anilines is 1. The summed E-state index contributed by atoms with van der Waals surface area (Å²) in [5.74, 6) is -1.56. The Labute approximate surface area is 116 Å². The number of carbonyl (C=O) groups excluding carboxylic acids is 1. The second-order valence-electron chi connectivity index (χ2n) is 2.90. The van der Waals surface area contributed by atoms with Crippen LogP contribution in [-0.2, 0) is 8.59 Å². The maximum atomic E-state index is 11.1. The van der Waals surface area contributed by atoms with Crippen molar-refractivity contribution >= 4 is 63.1 Å². The number of nitrogens with zero attached hydrogens (tertiary/aromatic N) is 1. The van der Waals surface area contributed by atoms with Crippen LogP contribution in [0.1, 0.15) is 28.7 Å². The third-order valence-corrected chi connectivity index (χ3v) is 3.15. The van der Waals surface area contributed by atoms with Crippen LogP contribution in [0.2, 0.25) is 0 Å². The predicted molar refractivity (Wildman–Crippen MR) is 67.2 cm³/mol. The molecule has 1 rings (SSSR count). The highest BCUT2D eigenvalue weighted by molar-refractivity contribution is 7.17. The monoisotopic (exact) mass is 316 g/mol. The van der Waals surface area contributed by atoms with E-state index in [9.17, 15) is 9.59 Å². The summed E-state index contributed by atoms with van der Waals surface area (Å²) in [5, 5.41) is 11.4. The molecule has 0 spiro atoms. The van der Waals surface area contributed by atoms with Crippen molar-refractivity contribution in [1.82, 2.24) is 4.98 Å². The molecule has 0 unspecified atom stereocenters. The van der Waals surface area contributed by atoms with E-state index in [1.807, 2.05) is 0 Å². The van der Waals surface area contributed by atoms with E-state index in [0.29, 0.717) is 0 Å². The lowest BCUT2D eigenvalue weighted by Crippen LogP contribution is -2.10. The molecule has 5 nitrogen and oxygen atoms in total. The van der Waals surface area contributed by atoms with Crippen LogP contribution in [0.4, 0.5) is 5.13 Å². The normalized spacial score (nSPS) is 11.3. The van der Waals surface area contributed by atoms with Gasteiger partial charge < -0.3 is 10.4 Å². The van der Waals surface area contributed by atoms with Gasteiger partial charge in [-0.2, -0.15) is 0 Å². The number of carboxylic acid groups (broad SMARTS) is 1. The van der Waals surface area contributed by atoms with Crippen molar-refractivity contribution in [1.29, 1.82) is 0 Å². The van der Waals surface area contributed by atoms with Gasteiger partial charge in [-0.15, -0.1) is 0 Å². The van der Waals surface area contributed by atoms with Crippen molar-refractivity contribution in [3.63, 3.8) is 0 Å². The molecule has 0 aliphatic heterocycles. The number of hydrogen-bond acceptors (Lipinski definition) is 4. The van der Waals surface area contributed by atoms with Crippen LogP contribution >= 0.6 is 46.1 Å². The van der Waals surface area contributed by atoms with Gasteiger partial charge in [0.05, 0.1) is 0 Å². The molecule has 1 aromatic rings. The summed E-state index contributed by atoms with van der Waals surface area (Å²) in [6.45, 7) is 1.65. The molecule has 17 heavy (non-hydrogen) atoms. The molecule has 1 amide bonds. The Morgan fingerprint density at radius 2 is 2.06 bits per heavy atom. The number of thiazole rings is 1. The summed E-state index contributed by atoms with van der Waals surface area (Å²) in [6.07, 6.45) is 0.241. The molecule has 0 radical (unpaired) electrons. The van der Waals surface area contributed by atoms with E-state index in [0.717, 1.165) is 11.3 Å². The first-order valence-corrected chi connectivity index (χ1v) is 6.32. The number of nitrogens with one attached hydrogen (secondary N) is 1. The number of carboxylic acids is 1. The standard InChI is InChI=1S/C8H7Cl3N2O3S/c1-2-3(14)12-7-13-5(8(9,10)11)4(17-7)6(15)16/h2H2,1H3,(H,15,16)(H,12,13,14). The number of halogens is 3. The molecule has 0 aliphatic carbocycles. The van der Waals surface area contributed by atoms with E-state index < -0.39 is 9.76 Å². The SMILES string of the molecule is CCC(=O)Nc1nc(C(Cl)(Cl)Cl)c(C(=O)O)s1. The van der Waals surface area contributed by atoms with E-state index in [1.165, 1.54) is 0 Å². The predicted octanol–water partition coefficient (Wildman–Crippen LogP) is 3.02. The van der Waals surface area contributed by atoms with Crippen molar-refractivity contribution < 1.29 is 14.7 Å². The number of carbonyl (C=O) groups is 2. The summed E-state index contributed by atoms with van der Waals surface area (Å²) in [5.41, 5.74) is -0.202. The van der Waals surface area contributed by atoms with E-state index in [2.05, 4.69) is 10.3 Å². The fraction of sp³-hybridized carbons (Fsp3) is 0.375. The smallest absolute Gasteiger partial charge is 0.348 e. The van der Waals surface area contributed by atoms with E-state index in [1.54, 1.807) is 6.92 Å². The van der Waals surface area contributed by atoms with Crippen LogP contribution in [-0.4, -0.2) is 22.0 Å². The van der Waals surface area contributed by atoms with Crippen molar-refractivity contribution in [2.45, 2.75) is 17.1 Å². The van der Waals surface area contributed by atoms with Gasteiger partial charge in [0.2, 0.25) is 9.70 Å². The van der Waals surface area contributed by atoms with Crippen molar-refractivity contribution in [3.8, 4) is 0 Å². The van der Waals surface area contributed by atoms with Crippen molar-refractivity contribution in [2.24, 2.45) is 0 Å². The molecule has 0 atom stereocenters. The average molecular weight is 318 g/mol. The van der Waals surface area contributed by atoms with Gasteiger partial charge in [0.25, 0.3) is 0 Å². The van der Waals surface area contributed by atoms with Gasteiger partial charge in [-0.1, -0.05) is 53.1 Å². The van der Waals surface area contributed by atoms with Gasteiger partial charge in [-0.3, -0.25) is 4.79 Å². The maximum Gasteiger partial charge on any atom is 0.348 e. The van der Waals surface area contributed by atoms with Crippen LogP contribution in [0.15, 0.2) is 0 Å². The molecule has 2 N–H and O–H groups in total. The highest BCUT2D eigenvalue weighted by Crippen LogP contribution is 2.42. The number of hydrogen-bond donors (Lipinski definition) is 2. The van der Waals surface area contributed by atoms with Gasteiger partial charge in [0, 0.05) is 6.42 Å². The number of rotatable bonds is 3. The molecule has 0 saturated carbocycles. The lowest BCUT2D eigenvalue weighted by molar-refractivity contribution is -0.115. The molecule has 0 fully saturated rings. The molecular weight excluding hydrogens is 311 g/mol. The Morgan fingerprint density at radius 3 is 2.41 bits per heavy atom. The number of alkyl halides is 3. The Kier molecular flexibility index (Phi) is 4.60. The minimum atomic E-state index is -1.95. The van der Waals surface area contributed by atoms with Gasteiger partial charge >= 0.3 is 5.97 Å². The second-order valence-corrected chi connectivity index (χ2v) is 6.18. The zero-order valence-corrected chi connectivity index (χ0v) is 11.5. The minimum Gasteiger partial charge on any atom is -0.477 e. The first kappa shape index (κ1) is 14.5. The van der Waals surface area contributed by atoms with Crippen molar-refractivity contribution in [3.05, 3.63) is 10.6 Å². The fourth-order valence-electron chi connectivity index (χ4n) is 0.918. The first-order chi connectivity index (χ1) is 7.75. The zero-order valence-electron chi connectivity index (χ0n) is 8.46. The summed E-state index contributed by atoms with van der Waals surface area (Å²) in [6, 6.07) is 0. The molecule has 1 heterocycles. The first-order valence-electron chi connectivity index (χ1n) is 4.36. The van der Waals surface area contributed by atoms with Gasteiger partial charge in [-0.05, 0) is 0 Å². The average Bonchev–Trinajstić information content (AvgIpc) is 2.61. The van der Waals surface area contributed by atoms with Crippen molar-refractivity contribution in [2.75, 3.05) is 5.32 Å². The Balaban J connectivity index is 3.13. The summed E-state index contributed by atoms with van der Waals surface area (Å²) >= 11 is 17.5. The highest BCUT2D eigenvalue weighted by Gasteiger charge is 2.33. The Bertz CT molecular complexity index is 455. The number of aromatic nitrogens is 1. The summed E-state index contributed by atoms with van der Waals surface area (Å²) in [4.78, 5) is 25.6. The Morgan fingerprint density at radius 1 is 1.47 bits per heavy atom. The molecule has 0 aliphatic rings. The van der Waals surface area contributed by atoms with E-state index in [-0.39, 0.29) is 28.0 Å². The largest absolute Gasteiger partial charge is 0.477 e. The topological polar surface area (TPSA) is 79.3 Å². The van der Waals surface area contributed by atoms with Crippen LogP contribution in [0, 0.1) is 0 Å². The third-order valence-electron chi connectivity index (χ3n) is 1.66. The second kappa shape index (κ2) is 5.39. The summed E-state index contributed by atoms with van der Waals surface area (Å²) < 4.78 is -1.95. The van der Waals surface area contributed by atoms with Gasteiger partial charge in [0.1, 0.15) is 10.6 Å². The quantitative estimate of drug-likeness (QED) is 0.840. The summed E-state index contributed by atoms with van der Waals surface area (Å²) in [7, 11) is 0. The fourth-order valence-corrected chi connectivity index (χ4v) is 2.37. The van der Waals surface area contributed by atoms with Crippen LogP contribution in [0.3, 0.4) is 0 Å². The van der Waals surface area contributed by atoms with Gasteiger partial charge in [-0.25, -0.2) is 9.78 Å². The Hall–Kier alpha value is -0.560. The molecule has 1 aromatic heterocycles. The van der Waals surface area contributed by atoms with E-state index >= 15 is 0 Å². The highest BCUT2D eigenvalue weighted by atomic mass is 35.6. The van der Waals surface area contributed by atoms with E-state index in [4.69, 9.17) is 39.9 Å². The lowest BCUT2D eigenvalue weighted by Gasteiger charge is -2.07.